The van der Waals surface area contributed by atoms with E-state index in [9.17, 15) is 9.59 Å². The largest absolute Gasteiger partial charge is 0.356 e. The van der Waals surface area contributed by atoms with Gasteiger partial charge in [0.2, 0.25) is 11.8 Å². The molecular formula is C26H32N4O2. The number of hydrogen-bond acceptors (Lipinski definition) is 3. The highest BCUT2D eigenvalue weighted by molar-refractivity contribution is 5.81. The quantitative estimate of drug-likeness (QED) is 0.552. The van der Waals surface area contributed by atoms with Gasteiger partial charge in [0.15, 0.2) is 0 Å². The number of aryl methyl sites for hydroxylation is 1. The first kappa shape index (κ1) is 22.1. The molecule has 0 spiro atoms. The number of hydrogen-bond donors (Lipinski definition) is 1. The molecule has 0 atom stereocenters. The second-order valence-corrected chi connectivity index (χ2v) is 8.51. The Hall–Kier alpha value is -3.15. The fourth-order valence-electron chi connectivity index (χ4n) is 4.37. The monoisotopic (exact) mass is 432 g/mol. The van der Waals surface area contributed by atoms with Gasteiger partial charge in [0.25, 0.3) is 0 Å². The molecule has 0 radical (unpaired) electrons. The Morgan fingerprint density at radius 2 is 1.62 bits per heavy atom. The van der Waals surface area contributed by atoms with E-state index in [-0.39, 0.29) is 11.8 Å². The van der Waals surface area contributed by atoms with Gasteiger partial charge in [0.1, 0.15) is 12.4 Å². The van der Waals surface area contributed by atoms with Crippen molar-refractivity contribution in [2.75, 3.05) is 19.6 Å². The fraction of sp³-hybridized carbons (Fsp3) is 0.423. The van der Waals surface area contributed by atoms with Gasteiger partial charge in [-0.2, -0.15) is 0 Å². The molecule has 3 aromatic rings. The third-order valence-corrected chi connectivity index (χ3v) is 6.09. The summed E-state index contributed by atoms with van der Waals surface area (Å²) in [5, 5.41) is 3.00. The van der Waals surface area contributed by atoms with Crippen molar-refractivity contribution in [3.63, 3.8) is 0 Å². The predicted molar refractivity (Wildman–Crippen MR) is 126 cm³/mol. The maximum atomic E-state index is 13.0. The number of aromatic nitrogens is 2. The molecule has 6 heteroatoms. The summed E-state index contributed by atoms with van der Waals surface area (Å²) in [6, 6.07) is 17.8. The first-order valence-electron chi connectivity index (χ1n) is 11.7. The molecule has 0 aliphatic carbocycles. The predicted octanol–water partition coefficient (Wildman–Crippen LogP) is 3.73. The van der Waals surface area contributed by atoms with E-state index in [2.05, 4.69) is 9.88 Å². The number of imidazole rings is 1. The van der Waals surface area contributed by atoms with E-state index < -0.39 is 0 Å². The molecular weight excluding hydrogens is 400 g/mol. The number of carbonyl (C=O) groups excluding carboxylic acids is 2. The molecule has 1 N–H and O–H groups in total. The maximum absolute atomic E-state index is 13.0. The summed E-state index contributed by atoms with van der Waals surface area (Å²) >= 11 is 0. The minimum Gasteiger partial charge on any atom is -0.356 e. The Morgan fingerprint density at radius 1 is 0.906 bits per heavy atom. The van der Waals surface area contributed by atoms with E-state index in [4.69, 9.17) is 4.98 Å². The van der Waals surface area contributed by atoms with Crippen molar-refractivity contribution < 1.29 is 9.59 Å². The number of carbonyl (C=O) groups is 2. The van der Waals surface area contributed by atoms with Crippen molar-refractivity contribution in [2.24, 2.45) is 0 Å². The van der Waals surface area contributed by atoms with E-state index in [1.54, 1.807) is 0 Å². The molecule has 1 aromatic heterocycles. The van der Waals surface area contributed by atoms with Gasteiger partial charge >= 0.3 is 0 Å². The minimum atomic E-state index is 0.0287. The molecule has 0 bridgehead atoms. The number of para-hydroxylation sites is 2. The lowest BCUT2D eigenvalue weighted by molar-refractivity contribution is -0.131. The molecule has 4 rings (SSSR count). The van der Waals surface area contributed by atoms with Gasteiger partial charge in [-0.1, -0.05) is 55.3 Å². The van der Waals surface area contributed by atoms with Crippen molar-refractivity contribution in [3.05, 3.63) is 66.0 Å². The Morgan fingerprint density at radius 3 is 2.41 bits per heavy atom. The van der Waals surface area contributed by atoms with Crippen molar-refractivity contribution in [1.29, 1.82) is 0 Å². The Balaban J connectivity index is 1.36. The Labute approximate surface area is 189 Å². The zero-order chi connectivity index (χ0) is 22.2. The molecule has 1 aliphatic heterocycles. The second kappa shape index (κ2) is 10.9. The summed E-state index contributed by atoms with van der Waals surface area (Å²) in [5.74, 6) is 1.11. The van der Waals surface area contributed by atoms with Crippen molar-refractivity contribution in [2.45, 2.75) is 51.5 Å². The van der Waals surface area contributed by atoms with Crippen LogP contribution >= 0.6 is 0 Å². The van der Waals surface area contributed by atoms with Gasteiger partial charge in [0.05, 0.1) is 17.5 Å². The molecule has 32 heavy (non-hydrogen) atoms. The average molecular weight is 433 g/mol. The second-order valence-electron chi connectivity index (χ2n) is 8.51. The molecule has 6 nitrogen and oxygen atoms in total. The van der Waals surface area contributed by atoms with E-state index in [1.807, 2.05) is 59.5 Å². The molecule has 2 aromatic carbocycles. The van der Waals surface area contributed by atoms with Crippen LogP contribution in [0.25, 0.3) is 11.0 Å². The number of nitrogens with zero attached hydrogens (tertiary/aromatic N) is 3. The smallest absolute Gasteiger partial charge is 0.242 e. The molecule has 1 aliphatic rings. The van der Waals surface area contributed by atoms with Crippen molar-refractivity contribution >= 4 is 22.8 Å². The zero-order valence-electron chi connectivity index (χ0n) is 18.6. The van der Waals surface area contributed by atoms with E-state index >= 15 is 0 Å². The highest BCUT2D eigenvalue weighted by atomic mass is 16.2. The van der Waals surface area contributed by atoms with Crippen LogP contribution in [0.15, 0.2) is 54.6 Å². The molecule has 2 heterocycles. The summed E-state index contributed by atoms with van der Waals surface area (Å²) in [6.45, 7) is 2.63. The maximum Gasteiger partial charge on any atom is 0.242 e. The first-order chi connectivity index (χ1) is 15.7. The van der Waals surface area contributed by atoms with Crippen LogP contribution in [0.3, 0.4) is 0 Å². The lowest BCUT2D eigenvalue weighted by Gasteiger charge is -2.21. The zero-order valence-corrected chi connectivity index (χ0v) is 18.6. The van der Waals surface area contributed by atoms with Gasteiger partial charge in [0, 0.05) is 26.1 Å². The molecule has 0 unspecified atom stereocenters. The van der Waals surface area contributed by atoms with Gasteiger partial charge in [-0.25, -0.2) is 4.98 Å². The molecule has 2 amide bonds. The SMILES string of the molecule is O=C(Cc1ccccc1)NCCCc1nc2ccccc2n1CC(=O)N1CCCCCC1. The molecule has 1 saturated heterocycles. The number of rotatable bonds is 8. The van der Waals surface area contributed by atoms with Crippen molar-refractivity contribution in [3.8, 4) is 0 Å². The van der Waals surface area contributed by atoms with Gasteiger partial charge < -0.3 is 14.8 Å². The van der Waals surface area contributed by atoms with Crippen LogP contribution in [-0.2, 0) is 29.0 Å². The van der Waals surface area contributed by atoms with Crippen LogP contribution in [0.5, 0.6) is 0 Å². The first-order valence-corrected chi connectivity index (χ1v) is 11.7. The summed E-state index contributed by atoms with van der Waals surface area (Å²) in [5.41, 5.74) is 2.93. The number of benzene rings is 2. The molecule has 0 saturated carbocycles. The van der Waals surface area contributed by atoms with Crippen LogP contribution in [0.1, 0.15) is 43.5 Å². The van der Waals surface area contributed by atoms with Crippen LogP contribution in [0.4, 0.5) is 0 Å². The van der Waals surface area contributed by atoms with Gasteiger partial charge in [-0.15, -0.1) is 0 Å². The third kappa shape index (κ3) is 5.75. The van der Waals surface area contributed by atoms with E-state index in [0.717, 1.165) is 54.8 Å². The van der Waals surface area contributed by atoms with Crippen LogP contribution in [0, 0.1) is 0 Å². The molecule has 1 fully saturated rings. The highest BCUT2D eigenvalue weighted by Crippen LogP contribution is 2.18. The lowest BCUT2D eigenvalue weighted by atomic mass is 10.1. The lowest BCUT2D eigenvalue weighted by Crippen LogP contribution is -2.35. The van der Waals surface area contributed by atoms with E-state index in [1.165, 1.54) is 12.8 Å². The fourth-order valence-corrected chi connectivity index (χ4v) is 4.37. The van der Waals surface area contributed by atoms with Crippen LogP contribution in [0.2, 0.25) is 0 Å². The van der Waals surface area contributed by atoms with Crippen LogP contribution < -0.4 is 5.32 Å². The average Bonchev–Trinajstić information content (AvgIpc) is 2.97. The summed E-state index contributed by atoms with van der Waals surface area (Å²) in [7, 11) is 0. The number of fused-ring (bicyclic) bond motifs is 1. The number of nitrogens with one attached hydrogen (secondary N) is 1. The van der Waals surface area contributed by atoms with E-state index in [0.29, 0.717) is 25.9 Å². The third-order valence-electron chi connectivity index (χ3n) is 6.09. The number of amides is 2. The minimum absolute atomic E-state index is 0.0287. The Bertz CT molecular complexity index is 1040. The summed E-state index contributed by atoms with van der Waals surface area (Å²) < 4.78 is 2.06. The number of likely N-dealkylation sites (tertiary alicyclic amines) is 1. The standard InChI is InChI=1S/C26H32N4O2/c31-25(19-21-11-4-3-5-12-21)27-16-10-15-24-28-22-13-6-7-14-23(22)30(24)20-26(32)29-17-8-1-2-9-18-29/h3-7,11-14H,1-2,8-10,15-20H2,(H,27,31). The topological polar surface area (TPSA) is 67.2 Å². The summed E-state index contributed by atoms with van der Waals surface area (Å²) in [4.78, 5) is 32.0. The van der Waals surface area contributed by atoms with Gasteiger partial charge in [-0.3, -0.25) is 9.59 Å². The highest BCUT2D eigenvalue weighted by Gasteiger charge is 2.19. The summed E-state index contributed by atoms with van der Waals surface area (Å²) in [6.07, 6.45) is 6.48. The molecule has 168 valence electrons. The van der Waals surface area contributed by atoms with Crippen molar-refractivity contribution in [1.82, 2.24) is 19.8 Å². The normalized spacial score (nSPS) is 14.3. The Kier molecular flexibility index (Phi) is 7.54. The van der Waals surface area contributed by atoms with Gasteiger partial charge in [-0.05, 0) is 37.0 Å². The van der Waals surface area contributed by atoms with Crippen LogP contribution in [-0.4, -0.2) is 45.9 Å².